The minimum absolute atomic E-state index is 0.105. The van der Waals surface area contributed by atoms with Crippen molar-refractivity contribution < 1.29 is 29.1 Å². The number of thiocarbonyl (C=S) groups is 1. The largest absolute Gasteiger partial charge is 0.500 e. The lowest BCUT2D eigenvalue weighted by atomic mass is 10.1. The number of hydrogen-bond acceptors (Lipinski definition) is 9. The van der Waals surface area contributed by atoms with Crippen molar-refractivity contribution in [2.24, 2.45) is 0 Å². The fourth-order valence-electron chi connectivity index (χ4n) is 2.21. The SMILES string of the molecule is COc1cc(C=C2SC(=S)N(CC(=O)OC(C)C)C2=O)cc([N+](=O)[O-])c1O. The number of thioether (sulfide) groups is 1. The van der Waals surface area contributed by atoms with E-state index >= 15 is 0 Å². The molecule has 144 valence electrons. The Morgan fingerprint density at radius 1 is 1.48 bits per heavy atom. The van der Waals surface area contributed by atoms with E-state index in [1.807, 2.05) is 0 Å². The fourth-order valence-corrected chi connectivity index (χ4v) is 3.46. The molecule has 27 heavy (non-hydrogen) atoms. The molecule has 0 atom stereocenters. The second-order valence-electron chi connectivity index (χ2n) is 5.65. The summed E-state index contributed by atoms with van der Waals surface area (Å²) in [5, 5.41) is 20.9. The Kier molecular flexibility index (Phi) is 6.39. The van der Waals surface area contributed by atoms with E-state index in [0.717, 1.165) is 22.7 Å². The first-order valence-corrected chi connectivity index (χ1v) is 8.86. The first kappa shape index (κ1) is 20.6. The van der Waals surface area contributed by atoms with Gasteiger partial charge in [-0.3, -0.25) is 24.6 Å². The second kappa shape index (κ2) is 8.35. The Labute approximate surface area is 164 Å². The maximum absolute atomic E-state index is 12.5. The molecule has 1 saturated heterocycles. The number of phenols is 1. The molecule has 11 heteroatoms. The minimum atomic E-state index is -0.762. The van der Waals surface area contributed by atoms with Crippen molar-refractivity contribution in [1.29, 1.82) is 0 Å². The zero-order valence-electron chi connectivity index (χ0n) is 14.6. The summed E-state index contributed by atoms with van der Waals surface area (Å²) >= 11 is 6.08. The molecule has 0 saturated carbocycles. The van der Waals surface area contributed by atoms with Crippen LogP contribution in [0.3, 0.4) is 0 Å². The van der Waals surface area contributed by atoms with Crippen molar-refractivity contribution in [3.63, 3.8) is 0 Å². The van der Waals surface area contributed by atoms with E-state index in [0.29, 0.717) is 0 Å². The summed E-state index contributed by atoms with van der Waals surface area (Å²) in [6, 6.07) is 2.46. The van der Waals surface area contributed by atoms with E-state index in [2.05, 4.69) is 0 Å². The van der Waals surface area contributed by atoms with Crippen LogP contribution < -0.4 is 4.74 Å². The van der Waals surface area contributed by atoms with E-state index in [4.69, 9.17) is 21.7 Å². The molecule has 0 bridgehead atoms. The number of carbonyl (C=O) groups excluding carboxylic acids is 2. The van der Waals surface area contributed by atoms with Gasteiger partial charge in [-0.1, -0.05) is 24.0 Å². The highest BCUT2D eigenvalue weighted by Crippen LogP contribution is 2.39. The molecule has 9 nitrogen and oxygen atoms in total. The van der Waals surface area contributed by atoms with Gasteiger partial charge in [-0.2, -0.15) is 0 Å². The first-order chi connectivity index (χ1) is 12.6. The Bertz CT molecular complexity index is 851. The Morgan fingerprint density at radius 2 is 2.15 bits per heavy atom. The molecule has 1 aromatic carbocycles. The third kappa shape index (κ3) is 4.74. The van der Waals surface area contributed by atoms with Crippen LogP contribution in [0.15, 0.2) is 17.0 Å². The highest BCUT2D eigenvalue weighted by Gasteiger charge is 2.34. The number of esters is 1. The maximum atomic E-state index is 12.5. The van der Waals surface area contributed by atoms with Crippen molar-refractivity contribution in [3.05, 3.63) is 32.7 Å². The summed E-state index contributed by atoms with van der Waals surface area (Å²) < 4.78 is 10.1. The lowest BCUT2D eigenvalue weighted by Crippen LogP contribution is -2.35. The summed E-state index contributed by atoms with van der Waals surface area (Å²) in [5.74, 6) is -1.82. The fraction of sp³-hybridized carbons (Fsp3) is 0.312. The summed E-state index contributed by atoms with van der Waals surface area (Å²) in [6.45, 7) is 3.06. The van der Waals surface area contributed by atoms with Crippen LogP contribution in [0.1, 0.15) is 19.4 Å². The number of hydrogen-bond donors (Lipinski definition) is 1. The first-order valence-electron chi connectivity index (χ1n) is 7.64. The number of ether oxygens (including phenoxy) is 2. The normalized spacial score (nSPS) is 15.6. The molecule has 1 N–H and O–H groups in total. The molecule has 1 aromatic rings. The van der Waals surface area contributed by atoms with Crippen molar-refractivity contribution >= 4 is 51.9 Å². The van der Waals surface area contributed by atoms with Crippen molar-refractivity contribution in [1.82, 2.24) is 4.90 Å². The smallest absolute Gasteiger partial charge is 0.326 e. The lowest BCUT2D eigenvalue weighted by molar-refractivity contribution is -0.386. The molecule has 0 radical (unpaired) electrons. The van der Waals surface area contributed by atoms with E-state index in [-0.39, 0.29) is 33.2 Å². The quantitative estimate of drug-likeness (QED) is 0.247. The zero-order valence-corrected chi connectivity index (χ0v) is 16.3. The third-order valence-corrected chi connectivity index (χ3v) is 4.70. The Hall–Kier alpha value is -2.66. The van der Waals surface area contributed by atoms with Crippen LogP contribution in [-0.4, -0.2) is 50.9 Å². The number of nitrogens with zero attached hydrogens (tertiary/aromatic N) is 2. The Morgan fingerprint density at radius 3 is 2.70 bits per heavy atom. The molecular formula is C16H16N2O7S2. The monoisotopic (exact) mass is 412 g/mol. The molecule has 1 amide bonds. The average molecular weight is 412 g/mol. The predicted molar refractivity (Wildman–Crippen MR) is 102 cm³/mol. The second-order valence-corrected chi connectivity index (χ2v) is 7.33. The molecule has 1 aliphatic heterocycles. The maximum Gasteiger partial charge on any atom is 0.326 e. The van der Waals surface area contributed by atoms with Gasteiger partial charge in [-0.05, 0) is 31.6 Å². The van der Waals surface area contributed by atoms with Crippen LogP contribution in [0.25, 0.3) is 6.08 Å². The minimum Gasteiger partial charge on any atom is -0.500 e. The van der Waals surface area contributed by atoms with Gasteiger partial charge in [-0.15, -0.1) is 0 Å². The standard InChI is InChI=1S/C16H16N2O7S2/c1-8(2)25-13(19)7-17-15(21)12(27-16(17)26)6-9-4-10(18(22)23)14(20)11(5-9)24-3/h4-6,8,20H,7H2,1-3H3. The predicted octanol–water partition coefficient (Wildman–Crippen LogP) is 2.46. The highest BCUT2D eigenvalue weighted by molar-refractivity contribution is 8.26. The lowest BCUT2D eigenvalue weighted by Gasteiger charge is -2.14. The van der Waals surface area contributed by atoms with Gasteiger partial charge in [0.2, 0.25) is 5.75 Å². The van der Waals surface area contributed by atoms with Gasteiger partial charge < -0.3 is 14.6 Å². The number of aromatic hydroxyl groups is 1. The van der Waals surface area contributed by atoms with Gasteiger partial charge >= 0.3 is 11.7 Å². The van der Waals surface area contributed by atoms with Gasteiger partial charge in [0.25, 0.3) is 5.91 Å². The van der Waals surface area contributed by atoms with Crippen molar-refractivity contribution in [2.45, 2.75) is 20.0 Å². The average Bonchev–Trinajstić information content (AvgIpc) is 2.82. The van der Waals surface area contributed by atoms with Crippen LogP contribution >= 0.6 is 24.0 Å². The van der Waals surface area contributed by atoms with E-state index in [1.54, 1.807) is 13.8 Å². The van der Waals surface area contributed by atoms with Crippen LogP contribution in [0, 0.1) is 10.1 Å². The number of phenolic OH excluding ortho intramolecular Hbond substituents is 1. The number of amides is 1. The van der Waals surface area contributed by atoms with Crippen LogP contribution in [0.4, 0.5) is 5.69 Å². The summed E-state index contributed by atoms with van der Waals surface area (Å²) in [6.07, 6.45) is 1.05. The molecule has 0 unspecified atom stereocenters. The molecule has 2 rings (SSSR count). The summed E-state index contributed by atoms with van der Waals surface area (Å²) in [7, 11) is 1.25. The Balaban J connectivity index is 2.31. The number of methoxy groups -OCH3 is 1. The number of rotatable bonds is 6. The molecule has 1 heterocycles. The van der Waals surface area contributed by atoms with E-state index in [9.17, 15) is 24.8 Å². The molecule has 0 aliphatic carbocycles. The number of benzene rings is 1. The molecule has 1 fully saturated rings. The number of nitro benzene ring substituents is 1. The van der Waals surface area contributed by atoms with Crippen molar-refractivity contribution in [2.75, 3.05) is 13.7 Å². The summed E-state index contributed by atoms with van der Waals surface area (Å²) in [5.41, 5.74) is -0.293. The van der Waals surface area contributed by atoms with Gasteiger partial charge in [0, 0.05) is 6.07 Å². The molecule has 0 spiro atoms. The van der Waals surface area contributed by atoms with E-state index in [1.165, 1.54) is 19.3 Å². The third-order valence-electron chi connectivity index (χ3n) is 3.32. The van der Waals surface area contributed by atoms with E-state index < -0.39 is 28.2 Å². The van der Waals surface area contributed by atoms with Crippen molar-refractivity contribution in [3.8, 4) is 11.5 Å². The topological polar surface area (TPSA) is 119 Å². The number of nitro groups is 1. The molecular weight excluding hydrogens is 396 g/mol. The molecule has 1 aliphatic rings. The van der Waals surface area contributed by atoms with Crippen LogP contribution in [-0.2, 0) is 14.3 Å². The van der Waals surface area contributed by atoms with Gasteiger partial charge in [-0.25, -0.2) is 0 Å². The summed E-state index contributed by atoms with van der Waals surface area (Å²) in [4.78, 5) is 35.9. The van der Waals surface area contributed by atoms with Crippen LogP contribution in [0.2, 0.25) is 0 Å². The van der Waals surface area contributed by atoms with Gasteiger partial charge in [0.05, 0.1) is 23.0 Å². The molecule has 0 aromatic heterocycles. The zero-order chi connectivity index (χ0) is 20.3. The van der Waals surface area contributed by atoms with Crippen LogP contribution in [0.5, 0.6) is 11.5 Å². The van der Waals surface area contributed by atoms with Gasteiger partial charge in [0.1, 0.15) is 10.9 Å². The highest BCUT2D eigenvalue weighted by atomic mass is 32.2. The van der Waals surface area contributed by atoms with Gasteiger partial charge in [0.15, 0.2) is 5.75 Å². The number of carbonyl (C=O) groups is 2.